The number of hydrogen-bond donors (Lipinski definition) is 1. The molecule has 0 amide bonds. The highest BCUT2D eigenvalue weighted by Crippen LogP contribution is 2.44. The van der Waals surface area contributed by atoms with E-state index in [0.717, 1.165) is 12.5 Å². The lowest BCUT2D eigenvalue weighted by atomic mass is 9.68. The normalized spacial score (nSPS) is 26.1. The molecule has 16 heavy (non-hydrogen) atoms. The van der Waals surface area contributed by atoms with Crippen LogP contribution in [0.3, 0.4) is 0 Å². The highest BCUT2D eigenvalue weighted by atomic mass is 14.9. The van der Waals surface area contributed by atoms with Gasteiger partial charge in [0, 0.05) is 6.54 Å². The van der Waals surface area contributed by atoms with E-state index >= 15 is 0 Å². The van der Waals surface area contributed by atoms with Gasteiger partial charge < -0.3 is 5.32 Å². The van der Waals surface area contributed by atoms with Crippen LogP contribution in [0.25, 0.3) is 0 Å². The maximum atomic E-state index is 3.63. The van der Waals surface area contributed by atoms with Crippen LogP contribution in [0, 0.1) is 11.3 Å². The zero-order valence-electron chi connectivity index (χ0n) is 11.1. The van der Waals surface area contributed by atoms with Crippen molar-refractivity contribution in [2.45, 2.75) is 71.1 Å². The average molecular weight is 223 g/mol. The topological polar surface area (TPSA) is 12.0 Å². The van der Waals surface area contributed by atoms with E-state index in [9.17, 15) is 0 Å². The summed E-state index contributed by atoms with van der Waals surface area (Å²) < 4.78 is 0. The fourth-order valence-corrected chi connectivity index (χ4v) is 3.97. The Labute approximate surface area is 101 Å². The van der Waals surface area contributed by atoms with Crippen LogP contribution in [-0.2, 0) is 0 Å². The average Bonchev–Trinajstić information content (AvgIpc) is 2.80. The van der Waals surface area contributed by atoms with Crippen LogP contribution >= 0.6 is 0 Å². The fourth-order valence-electron chi connectivity index (χ4n) is 3.97. The molecule has 0 aromatic heterocycles. The van der Waals surface area contributed by atoms with Gasteiger partial charge in [0.2, 0.25) is 0 Å². The molecule has 1 heteroatoms. The van der Waals surface area contributed by atoms with Crippen molar-refractivity contribution in [1.82, 2.24) is 5.32 Å². The summed E-state index contributed by atoms with van der Waals surface area (Å²) in [4.78, 5) is 0. The van der Waals surface area contributed by atoms with Crippen LogP contribution in [0.4, 0.5) is 0 Å². The Morgan fingerprint density at radius 1 is 1.00 bits per heavy atom. The van der Waals surface area contributed by atoms with Crippen molar-refractivity contribution in [3.63, 3.8) is 0 Å². The van der Waals surface area contributed by atoms with Gasteiger partial charge in [0.15, 0.2) is 0 Å². The molecule has 2 saturated carbocycles. The van der Waals surface area contributed by atoms with E-state index in [1.54, 1.807) is 0 Å². The summed E-state index contributed by atoms with van der Waals surface area (Å²) in [5.74, 6) is 1.07. The van der Waals surface area contributed by atoms with E-state index in [-0.39, 0.29) is 0 Å². The molecule has 2 rings (SSSR count). The van der Waals surface area contributed by atoms with E-state index in [1.165, 1.54) is 70.8 Å². The molecule has 2 aliphatic rings. The molecule has 0 saturated heterocycles. The van der Waals surface area contributed by atoms with Crippen LogP contribution < -0.4 is 5.32 Å². The lowest BCUT2D eigenvalue weighted by molar-refractivity contribution is 0.139. The molecule has 0 bridgehead atoms. The van der Waals surface area contributed by atoms with Crippen LogP contribution in [0.1, 0.15) is 71.1 Å². The predicted molar refractivity (Wildman–Crippen MR) is 70.6 cm³/mol. The molecular weight excluding hydrogens is 194 g/mol. The fraction of sp³-hybridized carbons (Fsp3) is 1.00. The molecule has 0 aromatic rings. The Bertz CT molecular complexity index is 188. The molecule has 0 spiro atoms. The third kappa shape index (κ3) is 3.23. The third-order valence-corrected chi connectivity index (χ3v) is 4.86. The molecule has 0 unspecified atom stereocenters. The monoisotopic (exact) mass is 223 g/mol. The quantitative estimate of drug-likeness (QED) is 0.739. The zero-order valence-corrected chi connectivity index (χ0v) is 11.1. The molecule has 0 radical (unpaired) electrons. The van der Waals surface area contributed by atoms with E-state index in [4.69, 9.17) is 0 Å². The molecule has 94 valence electrons. The summed E-state index contributed by atoms with van der Waals surface area (Å²) in [6.45, 7) is 4.68. The first-order valence-electron chi connectivity index (χ1n) is 7.55. The first-order valence-corrected chi connectivity index (χ1v) is 7.55. The first-order chi connectivity index (χ1) is 7.85. The van der Waals surface area contributed by atoms with Gasteiger partial charge in [0.1, 0.15) is 0 Å². The largest absolute Gasteiger partial charge is 0.316 e. The smallest absolute Gasteiger partial charge is 0.000779 e. The summed E-state index contributed by atoms with van der Waals surface area (Å²) in [6, 6.07) is 0. The highest BCUT2D eigenvalue weighted by Gasteiger charge is 2.34. The van der Waals surface area contributed by atoms with Gasteiger partial charge in [-0.1, -0.05) is 51.9 Å². The van der Waals surface area contributed by atoms with Crippen molar-refractivity contribution in [2.75, 3.05) is 13.1 Å². The van der Waals surface area contributed by atoms with Crippen LogP contribution in [-0.4, -0.2) is 13.1 Å². The van der Waals surface area contributed by atoms with Crippen molar-refractivity contribution in [3.8, 4) is 0 Å². The van der Waals surface area contributed by atoms with Gasteiger partial charge in [0.25, 0.3) is 0 Å². The minimum atomic E-state index is 0.684. The number of rotatable bonds is 5. The van der Waals surface area contributed by atoms with Gasteiger partial charge in [-0.3, -0.25) is 0 Å². The van der Waals surface area contributed by atoms with Gasteiger partial charge in [-0.25, -0.2) is 0 Å². The lowest BCUT2D eigenvalue weighted by Crippen LogP contribution is -2.37. The second-order valence-corrected chi connectivity index (χ2v) is 6.20. The summed E-state index contributed by atoms with van der Waals surface area (Å²) in [5.41, 5.74) is 0.684. The Morgan fingerprint density at radius 3 is 2.31 bits per heavy atom. The molecule has 1 N–H and O–H groups in total. The zero-order chi connectivity index (χ0) is 11.3. The Morgan fingerprint density at radius 2 is 1.69 bits per heavy atom. The minimum Gasteiger partial charge on any atom is -0.316 e. The van der Waals surface area contributed by atoms with E-state index in [1.807, 2.05) is 0 Å². The molecule has 0 aromatic carbocycles. The van der Waals surface area contributed by atoms with E-state index < -0.39 is 0 Å². The van der Waals surface area contributed by atoms with Crippen molar-refractivity contribution >= 4 is 0 Å². The third-order valence-electron chi connectivity index (χ3n) is 4.86. The van der Waals surface area contributed by atoms with Gasteiger partial charge in [0.05, 0.1) is 0 Å². The van der Waals surface area contributed by atoms with E-state index in [2.05, 4.69) is 12.2 Å². The summed E-state index contributed by atoms with van der Waals surface area (Å²) in [7, 11) is 0. The van der Waals surface area contributed by atoms with Crippen molar-refractivity contribution in [3.05, 3.63) is 0 Å². The van der Waals surface area contributed by atoms with Crippen LogP contribution in [0.15, 0.2) is 0 Å². The minimum absolute atomic E-state index is 0.684. The van der Waals surface area contributed by atoms with Crippen LogP contribution in [0.2, 0.25) is 0 Å². The maximum absolute atomic E-state index is 3.63. The number of nitrogens with one attached hydrogen (secondary N) is 1. The Kier molecular flexibility index (Phi) is 4.69. The molecule has 1 nitrogen and oxygen atoms in total. The molecule has 0 heterocycles. The summed E-state index contributed by atoms with van der Waals surface area (Å²) in [6.07, 6.45) is 15.0. The van der Waals surface area contributed by atoms with Crippen molar-refractivity contribution in [2.24, 2.45) is 11.3 Å². The van der Waals surface area contributed by atoms with E-state index in [0.29, 0.717) is 5.41 Å². The second-order valence-electron chi connectivity index (χ2n) is 6.20. The molecule has 2 fully saturated rings. The number of hydrogen-bond acceptors (Lipinski definition) is 1. The highest BCUT2D eigenvalue weighted by molar-refractivity contribution is 4.88. The van der Waals surface area contributed by atoms with Gasteiger partial charge in [-0.15, -0.1) is 0 Å². The lowest BCUT2D eigenvalue weighted by Gasteiger charge is -2.39. The van der Waals surface area contributed by atoms with Gasteiger partial charge in [-0.05, 0) is 37.1 Å². The maximum Gasteiger partial charge on any atom is 0.000779 e. The molecule has 0 aliphatic heterocycles. The standard InChI is InChI=1S/C15H29N/c1-2-16-13-15(10-6-3-7-11-15)12-14-8-4-5-9-14/h14,16H,2-13H2,1H3. The Balaban J connectivity index is 1.89. The molecular formula is C15H29N. The molecule has 0 atom stereocenters. The second kappa shape index (κ2) is 6.05. The van der Waals surface area contributed by atoms with Gasteiger partial charge in [-0.2, -0.15) is 0 Å². The van der Waals surface area contributed by atoms with Crippen molar-refractivity contribution in [1.29, 1.82) is 0 Å². The summed E-state index contributed by atoms with van der Waals surface area (Å²) in [5, 5.41) is 3.63. The Hall–Kier alpha value is -0.0400. The molecule has 2 aliphatic carbocycles. The SMILES string of the molecule is CCNCC1(CC2CCCC2)CCCCC1. The summed E-state index contributed by atoms with van der Waals surface area (Å²) >= 11 is 0. The van der Waals surface area contributed by atoms with Crippen molar-refractivity contribution < 1.29 is 0 Å². The van der Waals surface area contributed by atoms with Crippen LogP contribution in [0.5, 0.6) is 0 Å². The first kappa shape index (κ1) is 12.4. The predicted octanol–water partition coefficient (Wildman–Crippen LogP) is 4.13. The van der Waals surface area contributed by atoms with Gasteiger partial charge >= 0.3 is 0 Å².